The van der Waals surface area contributed by atoms with Crippen molar-refractivity contribution in [3.8, 4) is 0 Å². The van der Waals surface area contributed by atoms with E-state index in [1.165, 1.54) is 0 Å². The zero-order valence-electron chi connectivity index (χ0n) is 6.44. The van der Waals surface area contributed by atoms with Crippen LogP contribution in [0.2, 0.25) is 0 Å². The van der Waals surface area contributed by atoms with E-state index in [9.17, 15) is 4.79 Å². The van der Waals surface area contributed by atoms with Crippen molar-refractivity contribution in [3.63, 3.8) is 0 Å². The Hall–Kier alpha value is 1.11. The topological polar surface area (TPSA) is 26.3 Å². The van der Waals surface area contributed by atoms with Crippen LogP contribution >= 0.6 is 0 Å². The normalized spacial score (nSPS) is 7.78. The molecule has 49 valence electrons. The summed E-state index contributed by atoms with van der Waals surface area (Å²) in [6.07, 6.45) is 1.42. The average molecular weight is 155 g/mol. The average Bonchev–Trinajstić information content (AvgIpc) is 1.68. The molecule has 0 bridgehead atoms. The van der Waals surface area contributed by atoms with Crippen molar-refractivity contribution in [3.05, 3.63) is 0 Å². The molecule has 2 nitrogen and oxygen atoms in total. The number of carbonyl (C=O) groups is 1. The van der Waals surface area contributed by atoms with E-state index in [2.05, 4.69) is 4.74 Å². The molecule has 0 unspecified atom stereocenters. The summed E-state index contributed by atoms with van der Waals surface area (Å²) in [6.45, 7) is 4.27. The monoisotopic (exact) mass is 155 g/mol. The Morgan fingerprint density at radius 2 is 2.00 bits per heavy atom. The van der Waals surface area contributed by atoms with Crippen molar-refractivity contribution in [1.82, 2.24) is 0 Å². The van der Waals surface area contributed by atoms with Gasteiger partial charge in [-0.05, 0) is 13.3 Å². The Balaban J connectivity index is 0. The number of rotatable bonds is 3. The molecule has 0 aliphatic rings. The van der Waals surface area contributed by atoms with Gasteiger partial charge in [0.2, 0.25) is 0 Å². The van der Waals surface area contributed by atoms with Gasteiger partial charge in [-0.2, -0.15) is 0 Å². The fourth-order valence-electron chi connectivity index (χ4n) is 0.437. The van der Waals surface area contributed by atoms with Crippen LogP contribution in [0.3, 0.4) is 0 Å². The van der Waals surface area contributed by atoms with Crippen molar-refractivity contribution in [1.29, 1.82) is 0 Å². The van der Waals surface area contributed by atoms with Crippen LogP contribution in [0.15, 0.2) is 0 Å². The first kappa shape index (κ1) is 12.8. The molecule has 0 aromatic heterocycles. The first-order chi connectivity index (χ1) is 3.81. The van der Waals surface area contributed by atoms with Gasteiger partial charge in [-0.1, -0.05) is 6.92 Å². The minimum atomic E-state index is -0.0880. The number of esters is 1. The quantitative estimate of drug-likeness (QED) is 0.448. The van der Waals surface area contributed by atoms with Gasteiger partial charge in [0.05, 0.1) is 6.61 Å². The van der Waals surface area contributed by atoms with Crippen LogP contribution in [0.25, 0.3) is 0 Å². The molecular formula is C6H12KO2. The second kappa shape index (κ2) is 9.11. The van der Waals surface area contributed by atoms with Gasteiger partial charge in [-0.25, -0.2) is 0 Å². The summed E-state index contributed by atoms with van der Waals surface area (Å²) in [5.74, 6) is -0.0880. The van der Waals surface area contributed by atoms with Gasteiger partial charge < -0.3 is 4.74 Å². The third kappa shape index (κ3) is 9.11. The maximum absolute atomic E-state index is 10.4. The van der Waals surface area contributed by atoms with Crippen molar-refractivity contribution in [2.45, 2.75) is 26.7 Å². The molecule has 0 N–H and O–H groups in total. The van der Waals surface area contributed by atoms with E-state index in [4.69, 9.17) is 0 Å². The van der Waals surface area contributed by atoms with Crippen LogP contribution in [-0.2, 0) is 9.53 Å². The van der Waals surface area contributed by atoms with Gasteiger partial charge in [0.25, 0.3) is 0 Å². The third-order valence-electron chi connectivity index (χ3n) is 0.759. The predicted molar refractivity (Wildman–Crippen MR) is 37.3 cm³/mol. The van der Waals surface area contributed by atoms with Gasteiger partial charge in [0.15, 0.2) is 0 Å². The molecule has 0 saturated heterocycles. The molecule has 0 aromatic rings. The third-order valence-corrected chi connectivity index (χ3v) is 0.759. The summed E-state index contributed by atoms with van der Waals surface area (Å²) in [5, 5.41) is 0. The molecule has 0 heterocycles. The van der Waals surface area contributed by atoms with E-state index in [1.54, 1.807) is 0 Å². The predicted octanol–water partition coefficient (Wildman–Crippen LogP) is 0.969. The number of hydrogen-bond donors (Lipinski definition) is 0. The van der Waals surface area contributed by atoms with E-state index in [1.807, 2.05) is 13.8 Å². The molecule has 0 aliphatic carbocycles. The van der Waals surface area contributed by atoms with E-state index in [0.717, 1.165) is 6.42 Å². The molecule has 0 aromatic carbocycles. The van der Waals surface area contributed by atoms with Crippen LogP contribution in [0, 0.1) is 0 Å². The minimum absolute atomic E-state index is 0. The minimum Gasteiger partial charge on any atom is -0.466 e. The van der Waals surface area contributed by atoms with Gasteiger partial charge in [0.1, 0.15) is 0 Å². The summed E-state index contributed by atoms with van der Waals surface area (Å²) in [4.78, 5) is 10.4. The summed E-state index contributed by atoms with van der Waals surface area (Å²) < 4.78 is 4.64. The van der Waals surface area contributed by atoms with Crippen molar-refractivity contribution < 1.29 is 9.53 Å². The van der Waals surface area contributed by atoms with Crippen molar-refractivity contribution >= 4 is 57.4 Å². The molecule has 3 heteroatoms. The summed E-state index contributed by atoms with van der Waals surface area (Å²) in [6, 6.07) is 0. The summed E-state index contributed by atoms with van der Waals surface area (Å²) in [5.41, 5.74) is 0. The molecule has 0 atom stereocenters. The van der Waals surface area contributed by atoms with Crippen molar-refractivity contribution in [2.24, 2.45) is 0 Å². The number of hydrogen-bond acceptors (Lipinski definition) is 2. The van der Waals surface area contributed by atoms with E-state index >= 15 is 0 Å². The van der Waals surface area contributed by atoms with E-state index in [-0.39, 0.29) is 57.4 Å². The fourth-order valence-corrected chi connectivity index (χ4v) is 0.437. The largest absolute Gasteiger partial charge is 0.466 e. The molecule has 0 fully saturated rings. The fraction of sp³-hybridized carbons (Fsp3) is 0.833. The zero-order chi connectivity index (χ0) is 6.41. The zero-order valence-corrected chi connectivity index (χ0v) is 9.56. The first-order valence-corrected chi connectivity index (χ1v) is 2.96. The maximum Gasteiger partial charge on any atom is 0.305 e. The van der Waals surface area contributed by atoms with Crippen LogP contribution < -0.4 is 0 Å². The second-order valence-electron chi connectivity index (χ2n) is 1.56. The van der Waals surface area contributed by atoms with E-state index < -0.39 is 0 Å². The number of ether oxygens (including phenoxy) is 1. The number of carbonyl (C=O) groups excluding carboxylic acids is 1. The molecule has 0 rings (SSSR count). The van der Waals surface area contributed by atoms with Gasteiger partial charge in [-0.15, -0.1) is 0 Å². The van der Waals surface area contributed by atoms with Crippen LogP contribution in [-0.4, -0.2) is 64.0 Å². The summed E-state index contributed by atoms with van der Waals surface area (Å²) in [7, 11) is 0. The Labute approximate surface area is 98.8 Å². The standard InChI is InChI=1S/C6H12O2.K/c1-3-5-6(7)8-4-2;/h3-5H2,1-2H3;. The Morgan fingerprint density at radius 3 is 2.33 bits per heavy atom. The Kier molecular flexibility index (Phi) is 12.9. The Morgan fingerprint density at radius 1 is 1.44 bits per heavy atom. The van der Waals surface area contributed by atoms with Crippen molar-refractivity contribution in [2.75, 3.05) is 6.61 Å². The van der Waals surface area contributed by atoms with Gasteiger partial charge in [0, 0.05) is 57.8 Å². The molecule has 0 saturated carbocycles. The molecule has 1 radical (unpaired) electrons. The Bertz CT molecular complexity index is 65.5. The SMILES string of the molecule is CCCC(=O)OCC.[K]. The molecule has 9 heavy (non-hydrogen) atoms. The van der Waals surface area contributed by atoms with Gasteiger partial charge >= 0.3 is 5.97 Å². The van der Waals surface area contributed by atoms with E-state index in [0.29, 0.717) is 13.0 Å². The molecule has 0 spiro atoms. The van der Waals surface area contributed by atoms with Crippen LogP contribution in [0.1, 0.15) is 26.7 Å². The van der Waals surface area contributed by atoms with Gasteiger partial charge in [-0.3, -0.25) is 4.79 Å². The molecular weight excluding hydrogens is 143 g/mol. The molecule has 0 aliphatic heterocycles. The van der Waals surface area contributed by atoms with Crippen LogP contribution in [0.4, 0.5) is 0 Å². The molecule has 0 amide bonds. The maximum atomic E-state index is 10.4. The van der Waals surface area contributed by atoms with Crippen LogP contribution in [0.5, 0.6) is 0 Å². The first-order valence-electron chi connectivity index (χ1n) is 2.96. The second-order valence-corrected chi connectivity index (χ2v) is 1.56. The summed E-state index contributed by atoms with van der Waals surface area (Å²) >= 11 is 0. The smallest absolute Gasteiger partial charge is 0.305 e.